The van der Waals surface area contributed by atoms with Crippen LogP contribution in [0.1, 0.15) is 77.6 Å². The fourth-order valence-electron chi connectivity index (χ4n) is 3.04. The molecular formula is C18H38BrNO2. The molecule has 1 aliphatic rings. The molecule has 4 heteroatoms. The second kappa shape index (κ2) is 16.2. The van der Waals surface area contributed by atoms with E-state index in [9.17, 15) is 5.11 Å². The first-order valence-electron chi connectivity index (χ1n) is 9.31. The van der Waals surface area contributed by atoms with Gasteiger partial charge in [-0.1, -0.05) is 71.1 Å². The van der Waals surface area contributed by atoms with Crippen molar-refractivity contribution in [3.8, 4) is 0 Å². The number of rotatable bonds is 13. The van der Waals surface area contributed by atoms with Crippen molar-refractivity contribution in [2.45, 2.75) is 83.7 Å². The van der Waals surface area contributed by atoms with Crippen molar-refractivity contribution in [2.75, 3.05) is 32.8 Å². The molecule has 0 radical (unpaired) electrons. The first-order valence-corrected chi connectivity index (χ1v) is 9.31. The summed E-state index contributed by atoms with van der Waals surface area (Å²) in [5, 5.41) is 10.0. The van der Waals surface area contributed by atoms with Crippen molar-refractivity contribution in [2.24, 2.45) is 0 Å². The molecule has 0 aromatic carbocycles. The first kappa shape index (κ1) is 22.4. The number of unbranched alkanes of at least 4 members (excludes halogenated alkanes) is 9. The number of aliphatic hydroxyl groups is 1. The van der Waals surface area contributed by atoms with Crippen LogP contribution in [-0.4, -0.2) is 49.0 Å². The van der Waals surface area contributed by atoms with Gasteiger partial charge in [0.2, 0.25) is 0 Å². The van der Waals surface area contributed by atoms with E-state index in [4.69, 9.17) is 4.74 Å². The smallest absolute Gasteiger partial charge is 0.0667 e. The maximum Gasteiger partial charge on any atom is 0.0667 e. The lowest BCUT2D eigenvalue weighted by Gasteiger charge is -2.28. The Balaban J connectivity index is 0.00000441. The number of halogens is 1. The number of β-amino-alcohol motifs (C(OH)–C–C–N with tert-alkyl or cyclic N) is 1. The Morgan fingerprint density at radius 2 is 1.36 bits per heavy atom. The molecule has 1 heterocycles. The van der Waals surface area contributed by atoms with E-state index < -0.39 is 0 Å². The zero-order valence-electron chi connectivity index (χ0n) is 14.6. The molecule has 1 N–H and O–H groups in total. The van der Waals surface area contributed by atoms with Gasteiger partial charge in [0.15, 0.2) is 0 Å². The largest absolute Gasteiger partial charge is 0.392 e. The van der Waals surface area contributed by atoms with E-state index in [1.807, 2.05) is 0 Å². The third-order valence-electron chi connectivity index (χ3n) is 4.46. The van der Waals surface area contributed by atoms with Gasteiger partial charge in [-0.15, -0.1) is 17.0 Å². The lowest BCUT2D eigenvalue weighted by Crippen LogP contribution is -2.40. The summed E-state index contributed by atoms with van der Waals surface area (Å²) < 4.78 is 5.32. The molecule has 0 aromatic heterocycles. The molecule has 0 aliphatic carbocycles. The topological polar surface area (TPSA) is 32.7 Å². The van der Waals surface area contributed by atoms with Crippen LogP contribution in [0.25, 0.3) is 0 Å². The standard InChI is InChI=1S/C18H37NO2.BrH/c1-2-3-4-5-6-7-8-9-10-11-12-18(20)17-19-13-15-21-16-14-19;/h18,20H,2-17H2,1H3;1H. The van der Waals surface area contributed by atoms with E-state index in [1.54, 1.807) is 0 Å². The third-order valence-corrected chi connectivity index (χ3v) is 4.46. The highest BCUT2D eigenvalue weighted by Crippen LogP contribution is 2.12. The normalized spacial score (nSPS) is 17.2. The van der Waals surface area contributed by atoms with Crippen molar-refractivity contribution in [1.82, 2.24) is 4.90 Å². The molecular weight excluding hydrogens is 342 g/mol. The minimum absolute atomic E-state index is 0. The number of morpholine rings is 1. The van der Waals surface area contributed by atoms with Crippen LogP contribution >= 0.6 is 17.0 Å². The van der Waals surface area contributed by atoms with Crippen LogP contribution in [0.15, 0.2) is 0 Å². The van der Waals surface area contributed by atoms with Gasteiger partial charge >= 0.3 is 0 Å². The SMILES string of the molecule is Br.CCCCCCCCCCCCC(O)CN1CCOCC1. The third kappa shape index (κ3) is 12.9. The van der Waals surface area contributed by atoms with E-state index in [1.165, 1.54) is 64.2 Å². The van der Waals surface area contributed by atoms with Crippen LogP contribution in [0, 0.1) is 0 Å². The molecule has 1 fully saturated rings. The molecule has 0 bridgehead atoms. The Hall–Kier alpha value is 0.360. The predicted molar refractivity (Wildman–Crippen MR) is 100 cm³/mol. The molecule has 0 aromatic rings. The molecule has 0 amide bonds. The van der Waals surface area contributed by atoms with E-state index in [0.717, 1.165) is 39.3 Å². The van der Waals surface area contributed by atoms with Crippen molar-refractivity contribution < 1.29 is 9.84 Å². The average Bonchev–Trinajstić information content (AvgIpc) is 2.50. The Bertz CT molecular complexity index is 223. The molecule has 134 valence electrons. The van der Waals surface area contributed by atoms with Gasteiger partial charge in [-0.2, -0.15) is 0 Å². The first-order chi connectivity index (χ1) is 10.3. The molecule has 1 saturated heterocycles. The fraction of sp³-hybridized carbons (Fsp3) is 1.00. The minimum Gasteiger partial charge on any atom is -0.392 e. The highest BCUT2D eigenvalue weighted by atomic mass is 79.9. The van der Waals surface area contributed by atoms with Gasteiger partial charge < -0.3 is 9.84 Å². The molecule has 0 spiro atoms. The predicted octanol–water partition coefficient (Wildman–Crippen LogP) is 4.57. The lowest BCUT2D eigenvalue weighted by atomic mass is 10.0. The van der Waals surface area contributed by atoms with E-state index in [-0.39, 0.29) is 23.1 Å². The van der Waals surface area contributed by atoms with Crippen molar-refractivity contribution in [3.05, 3.63) is 0 Å². The summed E-state index contributed by atoms with van der Waals surface area (Å²) in [4.78, 5) is 2.32. The number of nitrogens with zero attached hydrogens (tertiary/aromatic N) is 1. The molecule has 1 unspecified atom stereocenters. The molecule has 22 heavy (non-hydrogen) atoms. The second-order valence-electron chi connectivity index (χ2n) is 6.54. The fourth-order valence-corrected chi connectivity index (χ4v) is 3.04. The van der Waals surface area contributed by atoms with Crippen LogP contribution in [0.4, 0.5) is 0 Å². The van der Waals surface area contributed by atoms with Crippen molar-refractivity contribution in [1.29, 1.82) is 0 Å². The zero-order chi connectivity index (χ0) is 15.2. The van der Waals surface area contributed by atoms with Crippen LogP contribution in [0.3, 0.4) is 0 Å². The monoisotopic (exact) mass is 379 g/mol. The van der Waals surface area contributed by atoms with E-state index >= 15 is 0 Å². The Kier molecular flexibility index (Phi) is 16.5. The number of aliphatic hydroxyl groups excluding tert-OH is 1. The van der Waals surface area contributed by atoms with Gasteiger partial charge in [-0.3, -0.25) is 4.90 Å². The van der Waals surface area contributed by atoms with E-state index in [2.05, 4.69) is 11.8 Å². The number of ether oxygens (including phenoxy) is 1. The van der Waals surface area contributed by atoms with E-state index in [0.29, 0.717) is 0 Å². The van der Waals surface area contributed by atoms with Gasteiger partial charge in [-0.25, -0.2) is 0 Å². The van der Waals surface area contributed by atoms with Gasteiger partial charge in [0.05, 0.1) is 19.3 Å². The number of hydrogen-bond acceptors (Lipinski definition) is 3. The van der Waals surface area contributed by atoms with Gasteiger partial charge in [0.25, 0.3) is 0 Å². The highest BCUT2D eigenvalue weighted by Gasteiger charge is 2.14. The summed E-state index contributed by atoms with van der Waals surface area (Å²) in [7, 11) is 0. The Morgan fingerprint density at radius 1 is 0.864 bits per heavy atom. The summed E-state index contributed by atoms with van der Waals surface area (Å²) in [5.41, 5.74) is 0. The average molecular weight is 380 g/mol. The zero-order valence-corrected chi connectivity index (χ0v) is 16.3. The second-order valence-corrected chi connectivity index (χ2v) is 6.54. The quantitative estimate of drug-likeness (QED) is 0.475. The Labute approximate surface area is 148 Å². The van der Waals surface area contributed by atoms with Crippen molar-refractivity contribution in [3.63, 3.8) is 0 Å². The van der Waals surface area contributed by atoms with Gasteiger partial charge in [0, 0.05) is 19.6 Å². The maximum atomic E-state index is 10.0. The summed E-state index contributed by atoms with van der Waals surface area (Å²) in [6, 6.07) is 0. The van der Waals surface area contributed by atoms with Crippen LogP contribution in [0.2, 0.25) is 0 Å². The maximum absolute atomic E-state index is 10.0. The van der Waals surface area contributed by atoms with Crippen LogP contribution in [0.5, 0.6) is 0 Å². The molecule has 1 atom stereocenters. The summed E-state index contributed by atoms with van der Waals surface area (Å²) in [6.45, 7) is 6.72. The summed E-state index contributed by atoms with van der Waals surface area (Å²) in [6.07, 6.45) is 14.4. The Morgan fingerprint density at radius 3 is 1.91 bits per heavy atom. The molecule has 3 nitrogen and oxygen atoms in total. The lowest BCUT2D eigenvalue weighted by molar-refractivity contribution is 0.0127. The highest BCUT2D eigenvalue weighted by molar-refractivity contribution is 8.93. The molecule has 1 aliphatic heterocycles. The minimum atomic E-state index is -0.142. The van der Waals surface area contributed by atoms with Gasteiger partial charge in [-0.05, 0) is 6.42 Å². The van der Waals surface area contributed by atoms with Crippen LogP contribution in [-0.2, 0) is 4.74 Å². The van der Waals surface area contributed by atoms with Crippen molar-refractivity contribution >= 4 is 17.0 Å². The van der Waals surface area contributed by atoms with Gasteiger partial charge in [0.1, 0.15) is 0 Å². The molecule has 1 rings (SSSR count). The number of hydrogen-bond donors (Lipinski definition) is 1. The molecule has 0 saturated carbocycles. The summed E-state index contributed by atoms with van der Waals surface area (Å²) >= 11 is 0. The van der Waals surface area contributed by atoms with Crippen LogP contribution < -0.4 is 0 Å². The summed E-state index contributed by atoms with van der Waals surface area (Å²) in [5.74, 6) is 0.